The summed E-state index contributed by atoms with van der Waals surface area (Å²) in [7, 11) is 0. The van der Waals surface area contributed by atoms with E-state index in [1.165, 1.54) is 0 Å². The first-order valence-electron chi connectivity index (χ1n) is 8.54. The maximum Gasteiger partial charge on any atom is 0.231 e. The van der Waals surface area contributed by atoms with Crippen molar-refractivity contribution in [1.82, 2.24) is 0 Å². The lowest BCUT2D eigenvalue weighted by Gasteiger charge is -2.41. The first-order chi connectivity index (χ1) is 12.1. The largest absolute Gasteiger partial charge is 0.454 e. The van der Waals surface area contributed by atoms with Crippen LogP contribution in [0.3, 0.4) is 0 Å². The van der Waals surface area contributed by atoms with Gasteiger partial charge in [-0.05, 0) is 41.8 Å². The highest BCUT2D eigenvalue weighted by Gasteiger charge is 2.53. The van der Waals surface area contributed by atoms with Gasteiger partial charge < -0.3 is 23.7 Å². The molecule has 3 aliphatic heterocycles. The van der Waals surface area contributed by atoms with E-state index in [4.69, 9.17) is 23.7 Å². The molecular weight excluding hydrogens is 320 g/mol. The van der Waals surface area contributed by atoms with E-state index < -0.39 is 5.60 Å². The summed E-state index contributed by atoms with van der Waals surface area (Å²) in [5.41, 5.74) is 1.47. The van der Waals surface area contributed by atoms with Gasteiger partial charge in [0.1, 0.15) is 5.60 Å². The topological polar surface area (TPSA) is 46.2 Å². The average Bonchev–Trinajstić information content (AvgIpc) is 3.30. The fourth-order valence-electron chi connectivity index (χ4n) is 4.18. The van der Waals surface area contributed by atoms with Crippen molar-refractivity contribution in [1.29, 1.82) is 0 Å². The highest BCUT2D eigenvalue weighted by atomic mass is 16.7. The number of hydrogen-bond donors (Lipinski definition) is 0. The Hall–Kier alpha value is -2.40. The van der Waals surface area contributed by atoms with Crippen LogP contribution in [0.2, 0.25) is 0 Å². The zero-order chi connectivity index (χ0) is 17.1. The van der Waals surface area contributed by atoms with Gasteiger partial charge in [-0.2, -0.15) is 0 Å². The number of rotatable bonds is 2. The van der Waals surface area contributed by atoms with Crippen molar-refractivity contribution in [2.24, 2.45) is 5.41 Å². The lowest BCUT2D eigenvalue weighted by Crippen LogP contribution is -2.39. The van der Waals surface area contributed by atoms with Gasteiger partial charge in [0.05, 0.1) is 0 Å². The average molecular weight is 340 g/mol. The van der Waals surface area contributed by atoms with Crippen LogP contribution in [0.5, 0.6) is 23.0 Å². The predicted octanol–water partition coefficient (Wildman–Crippen LogP) is 3.83. The van der Waals surface area contributed by atoms with Crippen molar-refractivity contribution in [3.8, 4) is 23.0 Å². The molecule has 0 aromatic heterocycles. The van der Waals surface area contributed by atoms with Gasteiger partial charge in [-0.25, -0.2) is 0 Å². The van der Waals surface area contributed by atoms with Gasteiger partial charge in [-0.3, -0.25) is 0 Å². The Balaban J connectivity index is 1.71. The summed E-state index contributed by atoms with van der Waals surface area (Å²) in [6.45, 7) is 5.72. The maximum absolute atomic E-state index is 6.45. The summed E-state index contributed by atoms with van der Waals surface area (Å²) >= 11 is 0. The molecule has 5 nitrogen and oxygen atoms in total. The third-order valence-corrected chi connectivity index (χ3v) is 5.56. The van der Waals surface area contributed by atoms with E-state index in [2.05, 4.69) is 26.0 Å². The molecule has 0 unspecified atom stereocenters. The van der Waals surface area contributed by atoms with Crippen molar-refractivity contribution in [3.05, 3.63) is 47.5 Å². The quantitative estimate of drug-likeness (QED) is 0.831. The molecule has 2 aromatic rings. The van der Waals surface area contributed by atoms with Gasteiger partial charge in [0.2, 0.25) is 13.6 Å². The predicted molar refractivity (Wildman–Crippen MR) is 90.3 cm³/mol. The lowest BCUT2D eigenvalue weighted by atomic mass is 9.67. The summed E-state index contributed by atoms with van der Waals surface area (Å²) in [5.74, 6) is 3.09. The van der Waals surface area contributed by atoms with Gasteiger partial charge in [0, 0.05) is 12.0 Å². The highest BCUT2D eigenvalue weighted by molar-refractivity contribution is 5.53. The molecule has 0 radical (unpaired) electrons. The summed E-state index contributed by atoms with van der Waals surface area (Å²) in [5, 5.41) is 0. The minimum atomic E-state index is -0.574. The normalized spacial score (nSPS) is 21.5. The molecular formula is C20H20O5. The molecule has 5 rings (SSSR count). The van der Waals surface area contributed by atoms with Crippen LogP contribution in [0.1, 0.15) is 31.4 Å². The van der Waals surface area contributed by atoms with Crippen LogP contribution in [0.4, 0.5) is 0 Å². The second kappa shape index (κ2) is 5.05. The Morgan fingerprint density at radius 3 is 1.72 bits per heavy atom. The standard InChI is InChI=1S/C20H20O5/c1-19(2)7-8-25-20(19,13-3-5-15-17(9-13)23-11-21-15)14-4-6-16-18(10-14)24-12-22-16/h3-6,9-10H,7-8,11-12H2,1-2H3. The zero-order valence-electron chi connectivity index (χ0n) is 14.3. The van der Waals surface area contributed by atoms with Crippen LogP contribution in [0.25, 0.3) is 0 Å². The van der Waals surface area contributed by atoms with Gasteiger partial charge in [0.25, 0.3) is 0 Å². The SMILES string of the molecule is CC1(C)CCOC1(c1ccc2c(c1)OCO2)c1ccc2c(c1)OCO2. The zero-order valence-corrected chi connectivity index (χ0v) is 14.3. The molecule has 5 heteroatoms. The van der Waals surface area contributed by atoms with E-state index in [1.807, 2.05) is 24.3 Å². The van der Waals surface area contributed by atoms with E-state index in [9.17, 15) is 0 Å². The van der Waals surface area contributed by atoms with Gasteiger partial charge in [-0.15, -0.1) is 0 Å². The summed E-state index contributed by atoms with van der Waals surface area (Å²) in [4.78, 5) is 0. The summed E-state index contributed by atoms with van der Waals surface area (Å²) in [6.07, 6.45) is 0.968. The van der Waals surface area contributed by atoms with Crippen LogP contribution in [0.15, 0.2) is 36.4 Å². The molecule has 0 bridgehead atoms. The fourth-order valence-corrected chi connectivity index (χ4v) is 4.18. The van der Waals surface area contributed by atoms with Crippen LogP contribution in [0, 0.1) is 5.41 Å². The van der Waals surface area contributed by atoms with E-state index >= 15 is 0 Å². The molecule has 2 aromatic carbocycles. The molecule has 1 fully saturated rings. The first kappa shape index (κ1) is 14.9. The van der Waals surface area contributed by atoms with Crippen LogP contribution in [-0.4, -0.2) is 20.2 Å². The highest BCUT2D eigenvalue weighted by Crippen LogP contribution is 2.56. The number of benzene rings is 2. The first-order valence-corrected chi connectivity index (χ1v) is 8.54. The molecule has 3 heterocycles. The second-order valence-electron chi connectivity index (χ2n) is 7.30. The Bertz CT molecular complexity index is 784. The third kappa shape index (κ3) is 1.99. The van der Waals surface area contributed by atoms with Gasteiger partial charge >= 0.3 is 0 Å². The molecule has 3 aliphatic rings. The fraction of sp³-hybridized carbons (Fsp3) is 0.400. The molecule has 25 heavy (non-hydrogen) atoms. The van der Waals surface area contributed by atoms with Gasteiger partial charge in [0.15, 0.2) is 23.0 Å². The Morgan fingerprint density at radius 2 is 1.24 bits per heavy atom. The van der Waals surface area contributed by atoms with Crippen molar-refractivity contribution >= 4 is 0 Å². The molecule has 130 valence electrons. The van der Waals surface area contributed by atoms with E-state index in [0.29, 0.717) is 6.61 Å². The van der Waals surface area contributed by atoms with Crippen molar-refractivity contribution in [3.63, 3.8) is 0 Å². The molecule has 0 spiro atoms. The minimum absolute atomic E-state index is 0.0889. The molecule has 1 saturated heterocycles. The second-order valence-corrected chi connectivity index (χ2v) is 7.30. The van der Waals surface area contributed by atoms with E-state index in [0.717, 1.165) is 40.5 Å². The molecule has 0 atom stereocenters. The number of ether oxygens (including phenoxy) is 5. The maximum atomic E-state index is 6.45. The lowest BCUT2D eigenvalue weighted by molar-refractivity contribution is -0.0203. The van der Waals surface area contributed by atoms with Crippen molar-refractivity contribution < 1.29 is 23.7 Å². The Labute approximate surface area is 146 Å². The monoisotopic (exact) mass is 340 g/mol. The minimum Gasteiger partial charge on any atom is -0.454 e. The number of fused-ring (bicyclic) bond motifs is 2. The van der Waals surface area contributed by atoms with Gasteiger partial charge in [-0.1, -0.05) is 26.0 Å². The molecule has 0 aliphatic carbocycles. The van der Waals surface area contributed by atoms with Crippen LogP contribution in [-0.2, 0) is 10.3 Å². The molecule has 0 saturated carbocycles. The van der Waals surface area contributed by atoms with Crippen LogP contribution < -0.4 is 18.9 Å². The smallest absolute Gasteiger partial charge is 0.231 e. The van der Waals surface area contributed by atoms with Crippen molar-refractivity contribution in [2.75, 3.05) is 20.2 Å². The molecule has 0 amide bonds. The third-order valence-electron chi connectivity index (χ3n) is 5.56. The van der Waals surface area contributed by atoms with E-state index in [-0.39, 0.29) is 19.0 Å². The number of hydrogen-bond acceptors (Lipinski definition) is 5. The summed E-state index contributed by atoms with van der Waals surface area (Å²) in [6, 6.07) is 12.2. The van der Waals surface area contributed by atoms with E-state index in [1.54, 1.807) is 0 Å². The van der Waals surface area contributed by atoms with Crippen LogP contribution >= 0.6 is 0 Å². The Morgan fingerprint density at radius 1 is 0.720 bits per heavy atom. The Kier molecular flexibility index (Phi) is 3.01. The van der Waals surface area contributed by atoms with Crippen molar-refractivity contribution in [2.45, 2.75) is 25.9 Å². The molecule has 0 N–H and O–H groups in total. The summed E-state index contributed by atoms with van der Waals surface area (Å²) < 4.78 is 28.6.